The lowest BCUT2D eigenvalue weighted by Crippen LogP contribution is -2.59. The summed E-state index contributed by atoms with van der Waals surface area (Å²) in [7, 11) is 0. The molecule has 0 saturated carbocycles. The van der Waals surface area contributed by atoms with E-state index in [1.807, 2.05) is 59.6 Å². The molecule has 5 rings (SSSR count). The minimum Gasteiger partial charge on any atom is -0.361 e. The molecule has 2 aromatic carbocycles. The Labute approximate surface area is 187 Å². The zero-order chi connectivity index (χ0) is 22.0. The Bertz CT molecular complexity index is 1080. The molecule has 2 aliphatic heterocycles. The highest BCUT2D eigenvalue weighted by Crippen LogP contribution is 2.42. The monoisotopic (exact) mass is 431 g/mol. The number of pyridine rings is 1. The van der Waals surface area contributed by atoms with Crippen LogP contribution in [0.5, 0.6) is 0 Å². The Morgan fingerprint density at radius 3 is 2.62 bits per heavy atom. The van der Waals surface area contributed by atoms with E-state index in [-0.39, 0.29) is 17.6 Å². The van der Waals surface area contributed by atoms with Crippen LogP contribution in [0.25, 0.3) is 0 Å². The zero-order valence-electron chi connectivity index (χ0n) is 17.9. The summed E-state index contributed by atoms with van der Waals surface area (Å²) in [4.78, 5) is 22.2. The third-order valence-corrected chi connectivity index (χ3v) is 6.49. The first-order valence-electron chi connectivity index (χ1n) is 11.0. The lowest BCUT2D eigenvalue weighted by molar-refractivity contribution is -0.173. The molecule has 0 radical (unpaired) electrons. The van der Waals surface area contributed by atoms with Crippen molar-refractivity contribution < 1.29 is 13.9 Å². The first-order valence-corrected chi connectivity index (χ1v) is 11.0. The Kier molecular flexibility index (Phi) is 5.72. The second-order valence-corrected chi connectivity index (χ2v) is 8.55. The first kappa shape index (κ1) is 20.8. The molecule has 1 amide bonds. The number of benzene rings is 2. The molecule has 2 fully saturated rings. The molecular weight excluding hydrogens is 405 g/mol. The molecule has 6 heteroatoms. The third-order valence-electron chi connectivity index (χ3n) is 6.49. The number of carbonyl (C=O) groups is 1. The van der Waals surface area contributed by atoms with Crippen molar-refractivity contribution in [1.82, 2.24) is 14.8 Å². The summed E-state index contributed by atoms with van der Waals surface area (Å²) in [6.45, 7) is 3.04. The van der Waals surface area contributed by atoms with E-state index in [1.54, 1.807) is 18.3 Å². The standard InChI is InChI=1S/C26H26FN3O2/c27-24-11-5-4-9-22(24)17-29-18-23(21-10-6-12-28-15-21)26(19-29)25(31)30(13-14-32-26)16-20-7-2-1-3-8-20/h1-12,15,23H,13-14,16-19H2/t23-,26+/m1/s1. The van der Waals surface area contributed by atoms with Crippen LogP contribution in [-0.4, -0.2) is 52.5 Å². The lowest BCUT2D eigenvalue weighted by atomic mass is 9.83. The van der Waals surface area contributed by atoms with Crippen LogP contribution >= 0.6 is 0 Å². The molecule has 1 aromatic heterocycles. The summed E-state index contributed by atoms with van der Waals surface area (Å²) in [5.74, 6) is -0.403. The van der Waals surface area contributed by atoms with Crippen molar-refractivity contribution in [1.29, 1.82) is 0 Å². The van der Waals surface area contributed by atoms with E-state index < -0.39 is 5.60 Å². The third kappa shape index (κ3) is 3.92. The smallest absolute Gasteiger partial charge is 0.257 e. The summed E-state index contributed by atoms with van der Waals surface area (Å²) in [5, 5.41) is 0. The number of nitrogens with zero attached hydrogens (tertiary/aromatic N) is 3. The quantitative estimate of drug-likeness (QED) is 0.619. The van der Waals surface area contributed by atoms with Gasteiger partial charge in [-0.15, -0.1) is 0 Å². The topological polar surface area (TPSA) is 45.7 Å². The number of amides is 1. The average Bonchev–Trinajstić information content (AvgIpc) is 3.18. The molecule has 0 aliphatic carbocycles. The van der Waals surface area contributed by atoms with Crippen LogP contribution in [0.4, 0.5) is 4.39 Å². The maximum absolute atomic E-state index is 14.3. The van der Waals surface area contributed by atoms with E-state index in [0.717, 1.165) is 11.1 Å². The highest BCUT2D eigenvalue weighted by molar-refractivity contribution is 5.88. The van der Waals surface area contributed by atoms with Gasteiger partial charge in [0.1, 0.15) is 5.82 Å². The van der Waals surface area contributed by atoms with Crippen molar-refractivity contribution in [3.05, 3.63) is 102 Å². The van der Waals surface area contributed by atoms with Crippen molar-refractivity contribution in [3.8, 4) is 0 Å². The summed E-state index contributed by atoms with van der Waals surface area (Å²) in [5.41, 5.74) is 1.69. The van der Waals surface area contributed by atoms with Gasteiger partial charge in [0.2, 0.25) is 0 Å². The van der Waals surface area contributed by atoms with Gasteiger partial charge in [0.15, 0.2) is 5.60 Å². The maximum atomic E-state index is 14.3. The van der Waals surface area contributed by atoms with Crippen LogP contribution in [0, 0.1) is 5.82 Å². The second-order valence-electron chi connectivity index (χ2n) is 8.55. The van der Waals surface area contributed by atoms with Crippen LogP contribution in [0.2, 0.25) is 0 Å². The number of ether oxygens (including phenoxy) is 1. The van der Waals surface area contributed by atoms with Crippen molar-refractivity contribution in [2.75, 3.05) is 26.2 Å². The lowest BCUT2D eigenvalue weighted by Gasteiger charge is -2.42. The Hall–Kier alpha value is -3.09. The SMILES string of the molecule is O=C1N(Cc2ccccc2)CCO[C@]12CN(Cc1ccccc1F)C[C@@H]2c1cccnc1. The first-order chi connectivity index (χ1) is 15.7. The highest BCUT2D eigenvalue weighted by atomic mass is 19.1. The Morgan fingerprint density at radius 2 is 1.84 bits per heavy atom. The van der Waals surface area contributed by atoms with Gasteiger partial charge in [0, 0.05) is 56.6 Å². The molecule has 0 bridgehead atoms. The van der Waals surface area contributed by atoms with Crippen molar-refractivity contribution in [2.45, 2.75) is 24.6 Å². The van der Waals surface area contributed by atoms with Gasteiger partial charge < -0.3 is 9.64 Å². The predicted molar refractivity (Wildman–Crippen MR) is 119 cm³/mol. The largest absolute Gasteiger partial charge is 0.361 e. The second kappa shape index (κ2) is 8.81. The van der Waals surface area contributed by atoms with Gasteiger partial charge in [-0.05, 0) is 23.3 Å². The van der Waals surface area contributed by atoms with E-state index in [9.17, 15) is 9.18 Å². The van der Waals surface area contributed by atoms with Gasteiger partial charge in [0.25, 0.3) is 5.91 Å². The molecule has 3 heterocycles. The number of carbonyl (C=O) groups excluding carboxylic acids is 1. The van der Waals surface area contributed by atoms with Crippen molar-refractivity contribution in [3.63, 3.8) is 0 Å². The molecule has 2 atom stereocenters. The fraction of sp³-hybridized carbons (Fsp3) is 0.308. The molecule has 32 heavy (non-hydrogen) atoms. The fourth-order valence-corrected chi connectivity index (χ4v) is 4.94. The van der Waals surface area contributed by atoms with Gasteiger partial charge in [-0.3, -0.25) is 14.7 Å². The van der Waals surface area contributed by atoms with Crippen LogP contribution < -0.4 is 0 Å². The molecule has 3 aromatic rings. The summed E-state index contributed by atoms with van der Waals surface area (Å²) in [6.07, 6.45) is 3.54. The van der Waals surface area contributed by atoms with Crippen LogP contribution in [0.3, 0.4) is 0 Å². The minimum absolute atomic E-state index is 0.00232. The Balaban J connectivity index is 1.45. The van der Waals surface area contributed by atoms with Crippen molar-refractivity contribution in [2.24, 2.45) is 0 Å². The van der Waals surface area contributed by atoms with Crippen LogP contribution in [-0.2, 0) is 22.6 Å². The maximum Gasteiger partial charge on any atom is 0.257 e. The number of aromatic nitrogens is 1. The zero-order valence-corrected chi connectivity index (χ0v) is 17.9. The molecule has 2 saturated heterocycles. The van der Waals surface area contributed by atoms with Crippen molar-refractivity contribution >= 4 is 5.91 Å². The molecule has 1 spiro atoms. The molecule has 2 aliphatic rings. The van der Waals surface area contributed by atoms with Gasteiger partial charge >= 0.3 is 0 Å². The fourth-order valence-electron chi connectivity index (χ4n) is 4.94. The molecule has 0 N–H and O–H groups in total. The Morgan fingerprint density at radius 1 is 1.03 bits per heavy atom. The van der Waals surface area contributed by atoms with Gasteiger partial charge in [-0.1, -0.05) is 54.6 Å². The number of hydrogen-bond donors (Lipinski definition) is 0. The van der Waals surface area contributed by atoms with E-state index in [1.165, 1.54) is 6.07 Å². The molecule has 0 unspecified atom stereocenters. The average molecular weight is 432 g/mol. The van der Waals surface area contributed by atoms with E-state index in [0.29, 0.717) is 44.9 Å². The van der Waals surface area contributed by atoms with Gasteiger partial charge in [-0.2, -0.15) is 0 Å². The minimum atomic E-state index is -0.999. The number of halogens is 1. The molecular formula is C26H26FN3O2. The van der Waals surface area contributed by atoms with E-state index in [2.05, 4.69) is 9.88 Å². The number of hydrogen-bond acceptors (Lipinski definition) is 4. The predicted octanol–water partition coefficient (Wildman–Crippen LogP) is 3.62. The summed E-state index contributed by atoms with van der Waals surface area (Å²) < 4.78 is 20.7. The molecule has 5 nitrogen and oxygen atoms in total. The summed E-state index contributed by atoms with van der Waals surface area (Å²) in [6, 6.07) is 20.7. The summed E-state index contributed by atoms with van der Waals surface area (Å²) >= 11 is 0. The van der Waals surface area contributed by atoms with Crippen LogP contribution in [0.15, 0.2) is 79.1 Å². The number of morpholine rings is 1. The van der Waals surface area contributed by atoms with Gasteiger partial charge in [0.05, 0.1) is 6.61 Å². The normalized spacial score (nSPS) is 23.7. The highest BCUT2D eigenvalue weighted by Gasteiger charge is 2.57. The molecule has 164 valence electrons. The number of likely N-dealkylation sites (tertiary alicyclic amines) is 1. The van der Waals surface area contributed by atoms with Crippen LogP contribution in [0.1, 0.15) is 22.6 Å². The van der Waals surface area contributed by atoms with Gasteiger partial charge in [-0.25, -0.2) is 4.39 Å². The van der Waals surface area contributed by atoms with E-state index >= 15 is 0 Å². The number of rotatable bonds is 5. The van der Waals surface area contributed by atoms with E-state index in [4.69, 9.17) is 4.74 Å².